The van der Waals surface area contributed by atoms with Gasteiger partial charge >= 0.3 is 23.9 Å². The minimum atomic E-state index is -1.34. The molecule has 6 N–H and O–H groups in total. The second-order valence-electron chi connectivity index (χ2n) is 3.89. The minimum Gasteiger partial charge on any atom is -0.481 e. The van der Waals surface area contributed by atoms with E-state index < -0.39 is 48.8 Å². The molecule has 0 saturated carbocycles. The quantitative estimate of drug-likeness (QED) is 0.234. The van der Waals surface area contributed by atoms with Crippen molar-refractivity contribution in [1.29, 1.82) is 0 Å². The molecule has 2 atom stereocenters. The second-order valence-corrected chi connectivity index (χ2v) is 3.89. The highest BCUT2D eigenvalue weighted by Crippen LogP contribution is 1.94. The van der Waals surface area contributed by atoms with E-state index in [2.05, 4.69) is 10.6 Å². The normalized spacial score (nSPS) is 13.4. The summed E-state index contributed by atoms with van der Waals surface area (Å²) in [6, 6.07) is -2.59. The van der Waals surface area contributed by atoms with E-state index in [-0.39, 0.29) is 13.1 Å². The Hall–Kier alpha value is -2.20. The molecule has 0 aliphatic heterocycles. The largest absolute Gasteiger partial charge is 0.481 e. The molecule has 0 aliphatic carbocycles. The van der Waals surface area contributed by atoms with Gasteiger partial charge in [-0.3, -0.25) is 19.2 Å². The third kappa shape index (κ3) is 8.00. The van der Waals surface area contributed by atoms with E-state index in [1.54, 1.807) is 0 Å². The van der Waals surface area contributed by atoms with Crippen molar-refractivity contribution in [2.45, 2.75) is 24.9 Å². The number of nitrogens with one attached hydrogen (secondary N) is 2. The van der Waals surface area contributed by atoms with Crippen LogP contribution in [0, 0.1) is 0 Å². The zero-order chi connectivity index (χ0) is 15.7. The van der Waals surface area contributed by atoms with Crippen LogP contribution in [0.2, 0.25) is 0 Å². The third-order valence-corrected chi connectivity index (χ3v) is 2.26. The number of carboxylic acids is 4. The Morgan fingerprint density at radius 1 is 0.700 bits per heavy atom. The summed E-state index contributed by atoms with van der Waals surface area (Å²) in [5, 5.41) is 39.2. The first-order chi connectivity index (χ1) is 9.23. The Labute approximate surface area is 113 Å². The minimum absolute atomic E-state index is 0.0202. The Kier molecular flexibility index (Phi) is 7.85. The second kappa shape index (κ2) is 8.82. The molecule has 0 aromatic carbocycles. The average molecular weight is 292 g/mol. The summed E-state index contributed by atoms with van der Waals surface area (Å²) in [5.74, 6) is -5.25. The van der Waals surface area contributed by atoms with Crippen LogP contribution in [-0.2, 0) is 19.2 Å². The molecule has 0 bridgehead atoms. The van der Waals surface area contributed by atoms with Gasteiger partial charge in [-0.1, -0.05) is 0 Å². The summed E-state index contributed by atoms with van der Waals surface area (Å²) in [5.41, 5.74) is 0. The highest BCUT2D eigenvalue weighted by molar-refractivity contribution is 5.81. The fourth-order valence-corrected chi connectivity index (χ4v) is 1.34. The van der Waals surface area contributed by atoms with Gasteiger partial charge in [-0.05, 0) is 0 Å². The molecule has 0 saturated heterocycles. The Balaban J connectivity index is 4.13. The highest BCUT2D eigenvalue weighted by atomic mass is 16.4. The SMILES string of the molecule is O=C(O)C[C@H](NCCN[C@H](CC(=O)O)C(=O)O)C(=O)O. The average Bonchev–Trinajstić information content (AvgIpc) is 2.29. The van der Waals surface area contributed by atoms with Crippen molar-refractivity contribution in [3.8, 4) is 0 Å². The fourth-order valence-electron chi connectivity index (χ4n) is 1.34. The summed E-state index contributed by atoms with van der Waals surface area (Å²) >= 11 is 0. The molecule has 0 heterocycles. The summed E-state index contributed by atoms with van der Waals surface area (Å²) in [6.07, 6.45) is -1.24. The molecule has 0 rings (SSSR count). The molecule has 0 aliphatic rings. The smallest absolute Gasteiger partial charge is 0.321 e. The van der Waals surface area contributed by atoms with Gasteiger partial charge in [-0.25, -0.2) is 0 Å². The lowest BCUT2D eigenvalue weighted by Crippen LogP contribution is -2.45. The van der Waals surface area contributed by atoms with E-state index in [9.17, 15) is 19.2 Å². The third-order valence-electron chi connectivity index (χ3n) is 2.26. The van der Waals surface area contributed by atoms with Crippen LogP contribution in [0.5, 0.6) is 0 Å². The van der Waals surface area contributed by atoms with Gasteiger partial charge in [0.15, 0.2) is 0 Å². The van der Waals surface area contributed by atoms with Crippen LogP contribution < -0.4 is 10.6 Å². The van der Waals surface area contributed by atoms with Crippen LogP contribution in [-0.4, -0.2) is 69.5 Å². The maximum atomic E-state index is 10.7. The summed E-state index contributed by atoms with van der Waals surface area (Å²) in [4.78, 5) is 42.2. The predicted molar refractivity (Wildman–Crippen MR) is 63.4 cm³/mol. The van der Waals surface area contributed by atoms with Crippen molar-refractivity contribution in [2.75, 3.05) is 13.1 Å². The lowest BCUT2D eigenvalue weighted by atomic mass is 10.2. The monoisotopic (exact) mass is 292 g/mol. The molecular formula is C10H16N2O8. The van der Waals surface area contributed by atoms with Gasteiger partial charge in [0.25, 0.3) is 0 Å². The van der Waals surface area contributed by atoms with E-state index in [0.717, 1.165) is 0 Å². The zero-order valence-corrected chi connectivity index (χ0v) is 10.4. The molecule has 0 radical (unpaired) electrons. The molecular weight excluding hydrogens is 276 g/mol. The van der Waals surface area contributed by atoms with Crippen LogP contribution in [0.4, 0.5) is 0 Å². The zero-order valence-electron chi connectivity index (χ0n) is 10.4. The molecule has 10 heteroatoms. The van der Waals surface area contributed by atoms with Crippen molar-refractivity contribution >= 4 is 23.9 Å². The predicted octanol–water partition coefficient (Wildman–Crippen LogP) is -1.98. The maximum absolute atomic E-state index is 10.7. The Morgan fingerprint density at radius 3 is 1.20 bits per heavy atom. The van der Waals surface area contributed by atoms with Gasteiger partial charge < -0.3 is 31.1 Å². The van der Waals surface area contributed by atoms with E-state index in [1.807, 2.05) is 0 Å². The van der Waals surface area contributed by atoms with Gasteiger partial charge in [0.2, 0.25) is 0 Å². The molecule has 0 spiro atoms. The van der Waals surface area contributed by atoms with E-state index in [1.165, 1.54) is 0 Å². The molecule has 0 fully saturated rings. The van der Waals surface area contributed by atoms with Crippen LogP contribution in [0.25, 0.3) is 0 Å². The van der Waals surface area contributed by atoms with Gasteiger partial charge in [0, 0.05) is 13.1 Å². The Morgan fingerprint density at radius 2 is 1.00 bits per heavy atom. The summed E-state index contributed by atoms with van der Waals surface area (Å²) < 4.78 is 0. The first-order valence-corrected chi connectivity index (χ1v) is 5.60. The molecule has 0 amide bonds. The molecule has 0 aromatic rings. The molecule has 114 valence electrons. The number of carbonyl (C=O) groups is 4. The number of hydrogen-bond donors (Lipinski definition) is 6. The van der Waals surface area contributed by atoms with Gasteiger partial charge in [-0.15, -0.1) is 0 Å². The molecule has 10 nitrogen and oxygen atoms in total. The van der Waals surface area contributed by atoms with Crippen molar-refractivity contribution in [3.05, 3.63) is 0 Å². The van der Waals surface area contributed by atoms with Crippen molar-refractivity contribution in [3.63, 3.8) is 0 Å². The molecule has 20 heavy (non-hydrogen) atoms. The van der Waals surface area contributed by atoms with Gasteiger partial charge in [0.05, 0.1) is 12.8 Å². The van der Waals surface area contributed by atoms with Crippen LogP contribution in [0.3, 0.4) is 0 Å². The lowest BCUT2D eigenvalue weighted by Gasteiger charge is -2.15. The van der Waals surface area contributed by atoms with Crippen molar-refractivity contribution in [1.82, 2.24) is 10.6 Å². The van der Waals surface area contributed by atoms with Gasteiger partial charge in [-0.2, -0.15) is 0 Å². The molecule has 0 unspecified atom stereocenters. The van der Waals surface area contributed by atoms with Crippen molar-refractivity contribution in [2.24, 2.45) is 0 Å². The lowest BCUT2D eigenvalue weighted by molar-refractivity contribution is -0.146. The number of rotatable bonds is 11. The van der Waals surface area contributed by atoms with Crippen LogP contribution in [0.1, 0.15) is 12.8 Å². The standard InChI is InChI=1S/C10H16N2O8/c13-7(14)3-5(9(17)18)11-1-2-12-6(10(19)20)4-8(15)16/h5-6,11-12H,1-4H2,(H,13,14)(H,15,16)(H,17,18)(H,19,20)/t5-,6+. The van der Waals surface area contributed by atoms with E-state index >= 15 is 0 Å². The topological polar surface area (TPSA) is 173 Å². The number of carboxylic acid groups (broad SMARTS) is 4. The van der Waals surface area contributed by atoms with Crippen LogP contribution >= 0.6 is 0 Å². The highest BCUT2D eigenvalue weighted by Gasteiger charge is 2.22. The Bertz CT molecular complexity index is 347. The first kappa shape index (κ1) is 17.8. The first-order valence-electron chi connectivity index (χ1n) is 5.60. The maximum Gasteiger partial charge on any atom is 0.321 e. The van der Waals surface area contributed by atoms with Crippen molar-refractivity contribution < 1.29 is 39.6 Å². The fraction of sp³-hybridized carbons (Fsp3) is 0.600. The van der Waals surface area contributed by atoms with E-state index in [4.69, 9.17) is 20.4 Å². The van der Waals surface area contributed by atoms with E-state index in [0.29, 0.717) is 0 Å². The number of aliphatic carboxylic acids is 4. The van der Waals surface area contributed by atoms with Crippen LogP contribution in [0.15, 0.2) is 0 Å². The summed E-state index contributed by atoms with van der Waals surface area (Å²) in [7, 11) is 0. The number of hydrogen-bond acceptors (Lipinski definition) is 6. The molecule has 0 aromatic heterocycles. The summed E-state index contributed by atoms with van der Waals surface area (Å²) in [6.45, 7) is -0.0404. The van der Waals surface area contributed by atoms with Gasteiger partial charge in [0.1, 0.15) is 12.1 Å².